The van der Waals surface area contributed by atoms with Crippen LogP contribution in [0, 0.1) is 46.8 Å². The van der Waals surface area contributed by atoms with Crippen LogP contribution in [0.4, 0.5) is 0 Å². The van der Waals surface area contributed by atoms with Gasteiger partial charge in [-0.25, -0.2) is 0 Å². The number of fused-ring (bicyclic) bond motifs is 12. The molecule has 1 aromatic carbocycles. The van der Waals surface area contributed by atoms with E-state index in [1.165, 1.54) is 31.2 Å². The summed E-state index contributed by atoms with van der Waals surface area (Å²) in [6.07, 6.45) is 7.43. The van der Waals surface area contributed by atoms with Gasteiger partial charge in [-0.15, -0.1) is 0 Å². The highest BCUT2D eigenvalue weighted by molar-refractivity contribution is 8.07. The summed E-state index contributed by atoms with van der Waals surface area (Å²) in [7, 11) is 0. The molecule has 0 radical (unpaired) electrons. The number of benzene rings is 1. The lowest BCUT2D eigenvalue weighted by Gasteiger charge is -2.36. The van der Waals surface area contributed by atoms with Gasteiger partial charge in [0.15, 0.2) is 0 Å². The Bertz CT molecular complexity index is 860. The van der Waals surface area contributed by atoms with Gasteiger partial charge >= 0.3 is 5.97 Å². The van der Waals surface area contributed by atoms with Crippen LogP contribution in [-0.2, 0) is 4.79 Å². The van der Waals surface area contributed by atoms with Crippen LogP contribution in [-0.4, -0.2) is 16.5 Å². The largest absolute Gasteiger partial charge is 0.426 e. The van der Waals surface area contributed by atoms with Gasteiger partial charge in [0.2, 0.25) is 0 Å². The molecule has 4 bridgehead atoms. The molecule has 2 nitrogen and oxygen atoms in total. The average molecular weight is 439 g/mol. The fourth-order valence-corrected chi connectivity index (χ4v) is 10.1. The van der Waals surface area contributed by atoms with Gasteiger partial charge in [0, 0.05) is 10.5 Å². The van der Waals surface area contributed by atoms with E-state index in [0.29, 0.717) is 17.3 Å². The summed E-state index contributed by atoms with van der Waals surface area (Å²) >= 11 is 2.25. The van der Waals surface area contributed by atoms with E-state index < -0.39 is 0 Å². The second-order valence-electron chi connectivity index (χ2n) is 12.1. The fraction of sp³-hybridized carbons (Fsp3) is 0.750. The molecule has 10 atom stereocenters. The molecule has 1 aliphatic heterocycles. The van der Waals surface area contributed by atoms with Gasteiger partial charge < -0.3 is 4.74 Å². The van der Waals surface area contributed by atoms with Crippen LogP contribution in [0.25, 0.3) is 0 Å². The highest BCUT2D eigenvalue weighted by Gasteiger charge is 2.73. The van der Waals surface area contributed by atoms with Crippen molar-refractivity contribution >= 4 is 17.7 Å². The van der Waals surface area contributed by atoms with Crippen LogP contribution < -0.4 is 4.74 Å². The van der Waals surface area contributed by atoms with Crippen LogP contribution in [0.3, 0.4) is 0 Å². The molecular formula is C28H38O2S. The molecule has 0 spiro atoms. The monoisotopic (exact) mass is 438 g/mol. The minimum Gasteiger partial charge on any atom is -0.426 e. The summed E-state index contributed by atoms with van der Waals surface area (Å²) < 4.78 is 5.96. The molecule has 1 saturated heterocycles. The molecule has 1 aromatic rings. The van der Waals surface area contributed by atoms with Gasteiger partial charge in [-0.2, -0.15) is 11.8 Å². The second kappa shape index (κ2) is 7.27. The predicted octanol–water partition coefficient (Wildman–Crippen LogP) is 6.93. The molecule has 10 unspecified atom stereocenters. The maximum Gasteiger partial charge on any atom is 0.314 e. The van der Waals surface area contributed by atoms with Crippen molar-refractivity contribution < 1.29 is 9.53 Å². The van der Waals surface area contributed by atoms with Crippen molar-refractivity contribution in [2.24, 2.45) is 46.8 Å². The lowest BCUT2D eigenvalue weighted by Crippen LogP contribution is -2.39. The molecule has 0 N–H and O–H groups in total. The molecule has 0 aromatic heterocycles. The molecule has 168 valence electrons. The van der Waals surface area contributed by atoms with Gasteiger partial charge in [0.05, 0.1) is 5.92 Å². The SMILES string of the molecule is CCC(CC(C)(C)CC)c1ccc(OC(=O)C2CC3CC2C2C4CC(C5SC45)C32)cc1. The molecule has 4 saturated carbocycles. The highest BCUT2D eigenvalue weighted by Crippen LogP contribution is 2.77. The minimum atomic E-state index is 0.0561. The third kappa shape index (κ3) is 3.23. The van der Waals surface area contributed by atoms with Crippen molar-refractivity contribution in [1.29, 1.82) is 0 Å². The number of ether oxygens (including phenoxy) is 1. The lowest BCUT2D eigenvalue weighted by atomic mass is 9.67. The Kier molecular flexibility index (Phi) is 4.84. The first-order valence-corrected chi connectivity index (χ1v) is 13.8. The van der Waals surface area contributed by atoms with E-state index in [2.05, 4.69) is 51.6 Å². The van der Waals surface area contributed by atoms with Crippen molar-refractivity contribution in [2.45, 2.75) is 82.6 Å². The Morgan fingerprint density at radius 3 is 2.42 bits per heavy atom. The standard InChI is InChI=1S/C28H38O2S/c1-5-15(14-28(3,4)6-2)16-7-9-18(10-8-16)30-27(29)20-12-17-11-19(20)24-22-13-21(23(17)24)25-26(22)31-25/h7-10,15,17,19-26H,5-6,11-14H2,1-4H3. The highest BCUT2D eigenvalue weighted by atomic mass is 32.2. The van der Waals surface area contributed by atoms with E-state index in [9.17, 15) is 4.79 Å². The molecule has 3 heteroatoms. The van der Waals surface area contributed by atoms with Gasteiger partial charge in [0.1, 0.15) is 5.75 Å². The minimum absolute atomic E-state index is 0.0561. The van der Waals surface area contributed by atoms with E-state index in [4.69, 9.17) is 4.74 Å². The molecule has 4 aliphatic carbocycles. The topological polar surface area (TPSA) is 26.3 Å². The van der Waals surface area contributed by atoms with Crippen molar-refractivity contribution in [1.82, 2.24) is 0 Å². The van der Waals surface area contributed by atoms with E-state index in [0.717, 1.165) is 58.7 Å². The number of hydrogen-bond donors (Lipinski definition) is 0. The van der Waals surface area contributed by atoms with Crippen LogP contribution in [0.5, 0.6) is 5.75 Å². The van der Waals surface area contributed by atoms with E-state index >= 15 is 0 Å². The fourth-order valence-electron chi connectivity index (χ4n) is 8.43. The van der Waals surface area contributed by atoms with Crippen molar-refractivity contribution in [3.8, 4) is 5.75 Å². The van der Waals surface area contributed by atoms with Gasteiger partial charge in [0.25, 0.3) is 0 Å². The molecule has 1 heterocycles. The average Bonchev–Trinajstić information content (AvgIpc) is 3.10. The predicted molar refractivity (Wildman–Crippen MR) is 127 cm³/mol. The molecule has 5 aliphatic rings. The summed E-state index contributed by atoms with van der Waals surface area (Å²) in [4.78, 5) is 13.2. The Labute approximate surface area is 192 Å². The zero-order chi connectivity index (χ0) is 21.5. The van der Waals surface area contributed by atoms with Crippen molar-refractivity contribution in [3.05, 3.63) is 29.8 Å². The summed E-state index contributed by atoms with van der Waals surface area (Å²) in [6, 6.07) is 8.46. The maximum absolute atomic E-state index is 13.2. The Balaban J connectivity index is 1.11. The van der Waals surface area contributed by atoms with Gasteiger partial charge in [-0.05, 0) is 96.6 Å². The first-order chi connectivity index (χ1) is 14.9. The molecule has 0 amide bonds. The van der Waals surface area contributed by atoms with Crippen LogP contribution in [0.2, 0.25) is 0 Å². The lowest BCUT2D eigenvalue weighted by molar-refractivity contribution is -0.142. The van der Waals surface area contributed by atoms with Crippen LogP contribution >= 0.6 is 11.8 Å². The quantitative estimate of drug-likeness (QED) is 0.200. The first kappa shape index (κ1) is 20.6. The summed E-state index contributed by atoms with van der Waals surface area (Å²) in [5, 5.41) is 1.96. The van der Waals surface area contributed by atoms with E-state index in [1.807, 2.05) is 12.1 Å². The third-order valence-electron chi connectivity index (χ3n) is 10.2. The zero-order valence-electron chi connectivity index (χ0n) is 19.6. The van der Waals surface area contributed by atoms with Gasteiger partial charge in [-0.1, -0.05) is 46.2 Å². The smallest absolute Gasteiger partial charge is 0.314 e. The number of rotatable bonds is 7. The number of carbonyl (C=O) groups is 1. The van der Waals surface area contributed by atoms with E-state index in [-0.39, 0.29) is 11.9 Å². The number of thioether (sulfide) groups is 1. The molecular weight excluding hydrogens is 400 g/mol. The zero-order valence-corrected chi connectivity index (χ0v) is 20.4. The van der Waals surface area contributed by atoms with Crippen molar-refractivity contribution in [3.63, 3.8) is 0 Å². The normalized spacial score (nSPS) is 42.4. The Morgan fingerprint density at radius 2 is 1.74 bits per heavy atom. The molecule has 6 rings (SSSR count). The Hall–Kier alpha value is -0.960. The van der Waals surface area contributed by atoms with Crippen LogP contribution in [0.15, 0.2) is 24.3 Å². The first-order valence-electron chi connectivity index (χ1n) is 12.9. The summed E-state index contributed by atoms with van der Waals surface area (Å²) in [5.41, 5.74) is 1.74. The second-order valence-corrected chi connectivity index (χ2v) is 13.5. The van der Waals surface area contributed by atoms with Crippen LogP contribution in [0.1, 0.15) is 77.7 Å². The number of hydrogen-bond acceptors (Lipinski definition) is 3. The number of esters is 1. The third-order valence-corrected chi connectivity index (χ3v) is 11.8. The summed E-state index contributed by atoms with van der Waals surface area (Å²) in [5.74, 6) is 6.65. The van der Waals surface area contributed by atoms with E-state index in [1.54, 1.807) is 0 Å². The van der Waals surface area contributed by atoms with Gasteiger partial charge in [-0.3, -0.25) is 4.79 Å². The Morgan fingerprint density at radius 1 is 1.03 bits per heavy atom. The molecule has 31 heavy (non-hydrogen) atoms. The maximum atomic E-state index is 13.2. The molecule has 5 fully saturated rings. The van der Waals surface area contributed by atoms with Crippen molar-refractivity contribution in [2.75, 3.05) is 0 Å². The number of carbonyl (C=O) groups excluding carboxylic acids is 1. The summed E-state index contributed by atoms with van der Waals surface area (Å²) in [6.45, 7) is 9.30.